The summed E-state index contributed by atoms with van der Waals surface area (Å²) in [6, 6.07) is 3.56. The van der Waals surface area contributed by atoms with Crippen molar-refractivity contribution in [1.29, 1.82) is 0 Å². The van der Waals surface area contributed by atoms with Gasteiger partial charge in [-0.1, -0.05) is 0 Å². The largest absolute Gasteiger partial charge is 0.316 e. The summed E-state index contributed by atoms with van der Waals surface area (Å²) in [5, 5.41) is 3.19. The van der Waals surface area contributed by atoms with Gasteiger partial charge in [0.15, 0.2) is 5.78 Å². The fraction of sp³-hybridized carbons (Fsp3) is 0.400. The smallest absolute Gasteiger partial charge is 0.167 e. The predicted molar refractivity (Wildman–Crippen MR) is 56.8 cm³/mol. The molecule has 1 aliphatic heterocycles. The van der Waals surface area contributed by atoms with Crippen molar-refractivity contribution in [1.82, 2.24) is 10.3 Å². The lowest BCUT2D eigenvalue weighted by Crippen LogP contribution is -2.17. The maximum atomic E-state index is 11.8. The molecule has 3 nitrogen and oxygen atoms in total. The van der Waals surface area contributed by atoms with Crippen molar-refractivity contribution in [2.75, 3.05) is 13.1 Å². The molecule has 76 valence electrons. The SMILES string of the molecule is Cl.O=C(c1ccncc1)C1CCNC1. The van der Waals surface area contributed by atoms with Gasteiger partial charge in [0.1, 0.15) is 0 Å². The van der Waals surface area contributed by atoms with E-state index in [9.17, 15) is 4.79 Å². The third kappa shape index (κ3) is 2.30. The molecular formula is C10H13ClN2O. The molecule has 1 N–H and O–H groups in total. The third-order valence-electron chi connectivity index (χ3n) is 2.40. The molecule has 2 rings (SSSR count). The van der Waals surface area contributed by atoms with Gasteiger partial charge in [-0.25, -0.2) is 0 Å². The van der Waals surface area contributed by atoms with Crippen LogP contribution in [0.15, 0.2) is 24.5 Å². The van der Waals surface area contributed by atoms with Crippen LogP contribution < -0.4 is 5.32 Å². The third-order valence-corrected chi connectivity index (χ3v) is 2.40. The highest BCUT2D eigenvalue weighted by molar-refractivity contribution is 5.98. The molecule has 1 aliphatic rings. The summed E-state index contributed by atoms with van der Waals surface area (Å²) < 4.78 is 0. The van der Waals surface area contributed by atoms with E-state index in [2.05, 4.69) is 10.3 Å². The van der Waals surface area contributed by atoms with Crippen LogP contribution in [0.3, 0.4) is 0 Å². The van der Waals surface area contributed by atoms with Gasteiger partial charge in [-0.2, -0.15) is 0 Å². The van der Waals surface area contributed by atoms with Gasteiger partial charge in [0.25, 0.3) is 0 Å². The molecule has 1 aromatic heterocycles. The first-order valence-electron chi connectivity index (χ1n) is 4.53. The van der Waals surface area contributed by atoms with Crippen LogP contribution in [-0.2, 0) is 0 Å². The average molecular weight is 213 g/mol. The number of nitrogens with zero attached hydrogens (tertiary/aromatic N) is 1. The van der Waals surface area contributed by atoms with Crippen molar-refractivity contribution in [3.8, 4) is 0 Å². The average Bonchev–Trinajstić information content (AvgIpc) is 2.71. The Hall–Kier alpha value is -0.930. The number of ketones is 1. The van der Waals surface area contributed by atoms with Crippen molar-refractivity contribution in [3.05, 3.63) is 30.1 Å². The Bertz CT molecular complexity index is 296. The summed E-state index contributed by atoms with van der Waals surface area (Å²) in [7, 11) is 0. The summed E-state index contributed by atoms with van der Waals surface area (Å²) in [5.74, 6) is 0.412. The summed E-state index contributed by atoms with van der Waals surface area (Å²) in [6.45, 7) is 1.78. The van der Waals surface area contributed by atoms with Gasteiger partial charge < -0.3 is 5.32 Å². The summed E-state index contributed by atoms with van der Waals surface area (Å²) in [6.07, 6.45) is 4.28. The molecule has 1 atom stereocenters. The van der Waals surface area contributed by atoms with E-state index in [1.165, 1.54) is 0 Å². The Labute approximate surface area is 89.3 Å². The van der Waals surface area contributed by atoms with Crippen LogP contribution in [0.25, 0.3) is 0 Å². The molecule has 1 unspecified atom stereocenters. The first-order valence-corrected chi connectivity index (χ1v) is 4.53. The summed E-state index contributed by atoms with van der Waals surface area (Å²) >= 11 is 0. The van der Waals surface area contributed by atoms with Gasteiger partial charge in [0, 0.05) is 30.4 Å². The number of hydrogen-bond acceptors (Lipinski definition) is 3. The number of halogens is 1. The van der Waals surface area contributed by atoms with Crippen LogP contribution in [0.2, 0.25) is 0 Å². The molecule has 4 heteroatoms. The number of carbonyl (C=O) groups is 1. The van der Waals surface area contributed by atoms with E-state index in [1.54, 1.807) is 24.5 Å². The zero-order valence-corrected chi connectivity index (χ0v) is 8.59. The number of hydrogen-bond donors (Lipinski definition) is 1. The van der Waals surface area contributed by atoms with E-state index in [-0.39, 0.29) is 24.1 Å². The van der Waals surface area contributed by atoms with E-state index in [1.807, 2.05) is 0 Å². The lowest BCUT2D eigenvalue weighted by Gasteiger charge is -2.05. The fourth-order valence-corrected chi connectivity index (χ4v) is 1.63. The number of rotatable bonds is 2. The van der Waals surface area contributed by atoms with Crippen molar-refractivity contribution in [3.63, 3.8) is 0 Å². The number of nitrogens with one attached hydrogen (secondary N) is 1. The molecular weight excluding hydrogens is 200 g/mol. The summed E-state index contributed by atoms with van der Waals surface area (Å²) in [4.78, 5) is 15.7. The highest BCUT2D eigenvalue weighted by Crippen LogP contribution is 2.14. The van der Waals surface area contributed by atoms with Gasteiger partial charge in [-0.3, -0.25) is 9.78 Å². The fourth-order valence-electron chi connectivity index (χ4n) is 1.63. The van der Waals surface area contributed by atoms with Crippen LogP contribution >= 0.6 is 12.4 Å². The standard InChI is InChI=1S/C10H12N2O.ClH/c13-10(9-3-6-12-7-9)8-1-4-11-5-2-8;/h1-2,4-5,9,12H,3,6-7H2;1H. The maximum absolute atomic E-state index is 11.8. The van der Waals surface area contributed by atoms with E-state index in [0.29, 0.717) is 0 Å². The zero-order chi connectivity index (χ0) is 9.10. The van der Waals surface area contributed by atoms with E-state index in [4.69, 9.17) is 0 Å². The number of pyridine rings is 1. The Morgan fingerprint density at radius 2 is 2.14 bits per heavy atom. The zero-order valence-electron chi connectivity index (χ0n) is 7.77. The minimum absolute atomic E-state index is 0. The molecule has 0 amide bonds. The van der Waals surface area contributed by atoms with Gasteiger partial charge in [-0.15, -0.1) is 12.4 Å². The lowest BCUT2D eigenvalue weighted by atomic mass is 9.98. The van der Waals surface area contributed by atoms with Crippen molar-refractivity contribution in [2.24, 2.45) is 5.92 Å². The van der Waals surface area contributed by atoms with Crippen LogP contribution in [0, 0.1) is 5.92 Å². The quantitative estimate of drug-likeness (QED) is 0.752. The number of aromatic nitrogens is 1. The molecule has 0 saturated carbocycles. The minimum atomic E-state index is 0. The molecule has 0 bridgehead atoms. The highest BCUT2D eigenvalue weighted by Gasteiger charge is 2.22. The van der Waals surface area contributed by atoms with Gasteiger partial charge in [0.2, 0.25) is 0 Å². The van der Waals surface area contributed by atoms with Crippen LogP contribution in [-0.4, -0.2) is 23.9 Å². The minimum Gasteiger partial charge on any atom is -0.316 e. The topological polar surface area (TPSA) is 42.0 Å². The Kier molecular flexibility index (Phi) is 4.04. The first kappa shape index (κ1) is 11.1. The molecule has 0 aromatic carbocycles. The monoisotopic (exact) mass is 212 g/mol. The first-order chi connectivity index (χ1) is 6.38. The van der Waals surface area contributed by atoms with Crippen LogP contribution in [0.1, 0.15) is 16.8 Å². The van der Waals surface area contributed by atoms with Crippen molar-refractivity contribution < 1.29 is 4.79 Å². The predicted octanol–water partition coefficient (Wildman–Crippen LogP) is 1.30. The molecule has 14 heavy (non-hydrogen) atoms. The van der Waals surface area contributed by atoms with Gasteiger partial charge >= 0.3 is 0 Å². The molecule has 1 fully saturated rings. The van der Waals surface area contributed by atoms with Crippen LogP contribution in [0.5, 0.6) is 0 Å². The highest BCUT2D eigenvalue weighted by atomic mass is 35.5. The van der Waals surface area contributed by atoms with E-state index < -0.39 is 0 Å². The summed E-state index contributed by atoms with van der Waals surface area (Å²) in [5.41, 5.74) is 0.781. The molecule has 0 aliphatic carbocycles. The molecule has 1 saturated heterocycles. The Morgan fingerprint density at radius 3 is 2.71 bits per heavy atom. The van der Waals surface area contributed by atoms with Crippen molar-refractivity contribution in [2.45, 2.75) is 6.42 Å². The lowest BCUT2D eigenvalue weighted by molar-refractivity contribution is 0.0930. The second kappa shape index (κ2) is 5.08. The van der Waals surface area contributed by atoms with Gasteiger partial charge in [0.05, 0.1) is 0 Å². The normalized spacial score (nSPS) is 20.1. The van der Waals surface area contributed by atoms with Crippen molar-refractivity contribution >= 4 is 18.2 Å². The van der Waals surface area contributed by atoms with E-state index >= 15 is 0 Å². The molecule has 2 heterocycles. The van der Waals surface area contributed by atoms with Gasteiger partial charge in [-0.05, 0) is 25.1 Å². The second-order valence-corrected chi connectivity index (χ2v) is 3.29. The second-order valence-electron chi connectivity index (χ2n) is 3.29. The number of Topliss-reactive ketones (excluding diaryl/α,β-unsaturated/α-hetero) is 1. The maximum Gasteiger partial charge on any atom is 0.167 e. The molecule has 0 spiro atoms. The Balaban J connectivity index is 0.000000980. The van der Waals surface area contributed by atoms with Crippen LogP contribution in [0.4, 0.5) is 0 Å². The number of carbonyl (C=O) groups excluding carboxylic acids is 1. The molecule has 1 aromatic rings. The Morgan fingerprint density at radius 1 is 1.43 bits per heavy atom. The van der Waals surface area contributed by atoms with E-state index in [0.717, 1.165) is 25.1 Å². The molecule has 0 radical (unpaired) electrons.